The van der Waals surface area contributed by atoms with Crippen LogP contribution in [-0.2, 0) is 13.1 Å². The molecule has 86 valence electrons. The summed E-state index contributed by atoms with van der Waals surface area (Å²) in [6.45, 7) is 6.56. The van der Waals surface area contributed by atoms with E-state index in [1.807, 2.05) is 29.8 Å². The van der Waals surface area contributed by atoms with Crippen LogP contribution in [0.25, 0.3) is 0 Å². The Labute approximate surface area is 95.3 Å². The van der Waals surface area contributed by atoms with E-state index in [4.69, 9.17) is 4.42 Å². The first-order chi connectivity index (χ1) is 7.79. The van der Waals surface area contributed by atoms with E-state index in [1.54, 1.807) is 6.20 Å². The average molecular weight is 219 g/mol. The molecule has 2 heterocycles. The SMILES string of the molecule is CCNCc1ccc(Cn2nccc2C)o1. The third-order valence-electron chi connectivity index (χ3n) is 2.50. The van der Waals surface area contributed by atoms with Crippen LogP contribution in [0.1, 0.15) is 24.1 Å². The summed E-state index contributed by atoms with van der Waals surface area (Å²) < 4.78 is 7.62. The Morgan fingerprint density at radius 3 is 2.81 bits per heavy atom. The molecule has 2 aromatic rings. The first kappa shape index (κ1) is 11.0. The molecule has 0 unspecified atom stereocenters. The van der Waals surface area contributed by atoms with Gasteiger partial charge in [-0.3, -0.25) is 4.68 Å². The van der Waals surface area contributed by atoms with Crippen molar-refractivity contribution in [3.63, 3.8) is 0 Å². The van der Waals surface area contributed by atoms with E-state index in [0.717, 1.165) is 30.3 Å². The molecule has 0 atom stereocenters. The van der Waals surface area contributed by atoms with Gasteiger partial charge >= 0.3 is 0 Å². The van der Waals surface area contributed by atoms with Crippen LogP contribution in [0, 0.1) is 6.92 Å². The zero-order chi connectivity index (χ0) is 11.4. The minimum absolute atomic E-state index is 0.699. The molecule has 0 saturated heterocycles. The molecule has 0 spiro atoms. The number of nitrogens with zero attached hydrogens (tertiary/aromatic N) is 2. The van der Waals surface area contributed by atoms with Gasteiger partial charge in [0.25, 0.3) is 0 Å². The van der Waals surface area contributed by atoms with E-state index in [0.29, 0.717) is 6.54 Å². The quantitative estimate of drug-likeness (QED) is 0.835. The Balaban J connectivity index is 2.00. The van der Waals surface area contributed by atoms with Crippen molar-refractivity contribution in [3.05, 3.63) is 41.6 Å². The van der Waals surface area contributed by atoms with E-state index >= 15 is 0 Å². The van der Waals surface area contributed by atoms with Crippen LogP contribution < -0.4 is 5.32 Å². The maximum atomic E-state index is 5.69. The minimum atomic E-state index is 0.699. The lowest BCUT2D eigenvalue weighted by molar-refractivity contribution is 0.430. The molecule has 0 fully saturated rings. The van der Waals surface area contributed by atoms with Crippen LogP contribution in [0.4, 0.5) is 0 Å². The lowest BCUT2D eigenvalue weighted by Gasteiger charge is -2.01. The molecule has 16 heavy (non-hydrogen) atoms. The second-order valence-corrected chi connectivity index (χ2v) is 3.78. The number of hydrogen-bond donors (Lipinski definition) is 1. The fourth-order valence-corrected chi connectivity index (χ4v) is 1.56. The van der Waals surface area contributed by atoms with Gasteiger partial charge in [0.1, 0.15) is 11.5 Å². The van der Waals surface area contributed by atoms with Crippen LogP contribution in [0.3, 0.4) is 0 Å². The van der Waals surface area contributed by atoms with E-state index in [9.17, 15) is 0 Å². The summed E-state index contributed by atoms with van der Waals surface area (Å²) >= 11 is 0. The predicted molar refractivity (Wildman–Crippen MR) is 62.2 cm³/mol. The van der Waals surface area contributed by atoms with Gasteiger partial charge in [-0.2, -0.15) is 5.10 Å². The Morgan fingerprint density at radius 1 is 1.31 bits per heavy atom. The number of aryl methyl sites for hydroxylation is 1. The van der Waals surface area contributed by atoms with Crippen LogP contribution in [0.15, 0.2) is 28.8 Å². The first-order valence-corrected chi connectivity index (χ1v) is 5.56. The van der Waals surface area contributed by atoms with Crippen molar-refractivity contribution in [2.24, 2.45) is 0 Å². The molecule has 0 aliphatic rings. The number of aromatic nitrogens is 2. The fraction of sp³-hybridized carbons (Fsp3) is 0.417. The first-order valence-electron chi connectivity index (χ1n) is 5.56. The number of rotatable bonds is 5. The molecule has 2 aromatic heterocycles. The smallest absolute Gasteiger partial charge is 0.125 e. The highest BCUT2D eigenvalue weighted by Gasteiger charge is 2.04. The van der Waals surface area contributed by atoms with Crippen LogP contribution >= 0.6 is 0 Å². The fourth-order valence-electron chi connectivity index (χ4n) is 1.56. The van der Waals surface area contributed by atoms with Gasteiger partial charge in [0.2, 0.25) is 0 Å². The van der Waals surface area contributed by atoms with E-state index in [1.165, 1.54) is 0 Å². The Kier molecular flexibility index (Phi) is 3.41. The van der Waals surface area contributed by atoms with E-state index in [2.05, 4.69) is 17.3 Å². The van der Waals surface area contributed by atoms with Crippen molar-refractivity contribution in [2.45, 2.75) is 26.9 Å². The highest BCUT2D eigenvalue weighted by molar-refractivity contribution is 5.08. The largest absolute Gasteiger partial charge is 0.463 e. The molecule has 1 N–H and O–H groups in total. The Bertz CT molecular complexity index is 445. The molecule has 0 aliphatic heterocycles. The van der Waals surface area contributed by atoms with Gasteiger partial charge in [0, 0.05) is 11.9 Å². The van der Waals surface area contributed by atoms with Crippen molar-refractivity contribution in [1.29, 1.82) is 0 Å². The second-order valence-electron chi connectivity index (χ2n) is 3.78. The van der Waals surface area contributed by atoms with Crippen molar-refractivity contribution in [2.75, 3.05) is 6.54 Å². The summed E-state index contributed by atoms with van der Waals surface area (Å²) in [5.74, 6) is 1.92. The van der Waals surface area contributed by atoms with Crippen molar-refractivity contribution in [1.82, 2.24) is 15.1 Å². The lowest BCUT2D eigenvalue weighted by Crippen LogP contribution is -2.10. The molecule has 0 aromatic carbocycles. The maximum absolute atomic E-state index is 5.69. The van der Waals surface area contributed by atoms with Gasteiger partial charge in [-0.25, -0.2) is 0 Å². The molecule has 0 amide bonds. The van der Waals surface area contributed by atoms with Gasteiger partial charge in [0.15, 0.2) is 0 Å². The molecule has 0 saturated carbocycles. The van der Waals surface area contributed by atoms with Crippen molar-refractivity contribution < 1.29 is 4.42 Å². The summed E-state index contributed by atoms with van der Waals surface area (Å²) in [6.07, 6.45) is 1.80. The topological polar surface area (TPSA) is 43.0 Å². The van der Waals surface area contributed by atoms with Crippen molar-refractivity contribution >= 4 is 0 Å². The van der Waals surface area contributed by atoms with Gasteiger partial charge in [0.05, 0.1) is 13.1 Å². The monoisotopic (exact) mass is 219 g/mol. The summed E-state index contributed by atoms with van der Waals surface area (Å²) in [7, 11) is 0. The van der Waals surface area contributed by atoms with E-state index < -0.39 is 0 Å². The molecule has 0 aliphatic carbocycles. The number of furan rings is 1. The highest BCUT2D eigenvalue weighted by atomic mass is 16.3. The van der Waals surface area contributed by atoms with Gasteiger partial charge in [-0.15, -0.1) is 0 Å². The molecule has 4 nitrogen and oxygen atoms in total. The minimum Gasteiger partial charge on any atom is -0.463 e. The van der Waals surface area contributed by atoms with Crippen molar-refractivity contribution in [3.8, 4) is 0 Å². The number of nitrogens with one attached hydrogen (secondary N) is 1. The van der Waals surface area contributed by atoms with Gasteiger partial charge in [-0.1, -0.05) is 6.92 Å². The summed E-state index contributed by atoms with van der Waals surface area (Å²) in [6, 6.07) is 6.01. The van der Waals surface area contributed by atoms with Crippen LogP contribution in [-0.4, -0.2) is 16.3 Å². The molecular formula is C12H17N3O. The van der Waals surface area contributed by atoms with Gasteiger partial charge < -0.3 is 9.73 Å². The maximum Gasteiger partial charge on any atom is 0.125 e. The summed E-state index contributed by atoms with van der Waals surface area (Å²) in [4.78, 5) is 0. The summed E-state index contributed by atoms with van der Waals surface area (Å²) in [5, 5.41) is 7.46. The standard InChI is InChI=1S/C12H17N3O/c1-3-13-8-11-4-5-12(16-11)9-15-10(2)6-7-14-15/h4-7,13H,3,8-9H2,1-2H3. The summed E-state index contributed by atoms with van der Waals surface area (Å²) in [5.41, 5.74) is 1.14. The average Bonchev–Trinajstić information content (AvgIpc) is 2.87. The van der Waals surface area contributed by atoms with E-state index in [-0.39, 0.29) is 0 Å². The second kappa shape index (κ2) is 4.99. The number of hydrogen-bond acceptors (Lipinski definition) is 3. The van der Waals surface area contributed by atoms with Crippen LogP contribution in [0.2, 0.25) is 0 Å². The molecule has 0 radical (unpaired) electrons. The van der Waals surface area contributed by atoms with Gasteiger partial charge in [-0.05, 0) is 31.7 Å². The molecular weight excluding hydrogens is 202 g/mol. The molecule has 2 rings (SSSR count). The Hall–Kier alpha value is -1.55. The highest BCUT2D eigenvalue weighted by Crippen LogP contribution is 2.10. The zero-order valence-corrected chi connectivity index (χ0v) is 9.73. The normalized spacial score (nSPS) is 10.9. The molecule has 0 bridgehead atoms. The lowest BCUT2D eigenvalue weighted by atomic mass is 10.4. The third kappa shape index (κ3) is 2.52. The zero-order valence-electron chi connectivity index (χ0n) is 9.73. The molecule has 4 heteroatoms. The van der Waals surface area contributed by atoms with Crippen LogP contribution in [0.5, 0.6) is 0 Å². The Morgan fingerprint density at radius 2 is 2.12 bits per heavy atom. The predicted octanol–water partition coefficient (Wildman–Crippen LogP) is 1.94. The third-order valence-corrected chi connectivity index (χ3v) is 2.50.